The predicted molar refractivity (Wildman–Crippen MR) is 90.7 cm³/mol. The van der Waals surface area contributed by atoms with E-state index in [4.69, 9.17) is 0 Å². The van der Waals surface area contributed by atoms with Crippen LogP contribution in [0.3, 0.4) is 0 Å². The minimum atomic E-state index is -4.73. The van der Waals surface area contributed by atoms with E-state index in [9.17, 15) is 18.0 Å². The third kappa shape index (κ3) is 3.91. The number of carbonyl (C=O) groups excluding carboxylic acids is 1. The highest BCUT2D eigenvalue weighted by atomic mass is 19.4. The molecule has 7 heteroatoms. The Morgan fingerprint density at radius 1 is 1.12 bits per heavy atom. The summed E-state index contributed by atoms with van der Waals surface area (Å²) in [5, 5.41) is 6.13. The van der Waals surface area contributed by atoms with Gasteiger partial charge in [-0.05, 0) is 68.4 Å². The lowest BCUT2D eigenvalue weighted by molar-refractivity contribution is -0.274. The molecular weight excluding hydrogens is 345 g/mol. The van der Waals surface area contributed by atoms with Gasteiger partial charge in [0.2, 0.25) is 5.91 Å². The van der Waals surface area contributed by atoms with Crippen molar-refractivity contribution in [1.82, 2.24) is 5.32 Å². The lowest BCUT2D eigenvalue weighted by Gasteiger charge is -2.56. The SMILES string of the molecule is O=C(CNc1cccc(OC(F)(F)F)c1)NC12CC3CC(CC(C3)C1)C2. The van der Waals surface area contributed by atoms with E-state index in [-0.39, 0.29) is 23.7 Å². The quantitative estimate of drug-likeness (QED) is 0.823. The Bertz CT molecular complexity index is 654. The number of ether oxygens (including phenoxy) is 1. The van der Waals surface area contributed by atoms with E-state index in [2.05, 4.69) is 15.4 Å². The molecule has 1 aromatic carbocycles. The first-order valence-corrected chi connectivity index (χ1v) is 9.19. The van der Waals surface area contributed by atoms with Crippen LogP contribution in [0.2, 0.25) is 0 Å². The number of hydrogen-bond acceptors (Lipinski definition) is 3. The minimum absolute atomic E-state index is 0.0389. The molecule has 0 aromatic heterocycles. The largest absolute Gasteiger partial charge is 0.573 e. The first-order valence-electron chi connectivity index (χ1n) is 9.19. The highest BCUT2D eigenvalue weighted by molar-refractivity contribution is 5.81. The molecule has 0 saturated heterocycles. The van der Waals surface area contributed by atoms with Crippen LogP contribution in [0.5, 0.6) is 5.75 Å². The number of rotatable bonds is 5. The molecule has 0 aliphatic heterocycles. The van der Waals surface area contributed by atoms with Crippen LogP contribution < -0.4 is 15.4 Å². The first kappa shape index (κ1) is 17.5. The number of alkyl halides is 3. The summed E-state index contributed by atoms with van der Waals surface area (Å²) in [4.78, 5) is 12.4. The van der Waals surface area contributed by atoms with Gasteiger partial charge in [0.25, 0.3) is 0 Å². The number of halogens is 3. The van der Waals surface area contributed by atoms with Gasteiger partial charge in [-0.2, -0.15) is 0 Å². The van der Waals surface area contributed by atoms with Gasteiger partial charge in [-0.25, -0.2) is 0 Å². The number of amides is 1. The summed E-state index contributed by atoms with van der Waals surface area (Å²) in [7, 11) is 0. The van der Waals surface area contributed by atoms with Crippen molar-refractivity contribution in [3.8, 4) is 5.75 Å². The molecule has 0 atom stereocenters. The van der Waals surface area contributed by atoms with Crippen LogP contribution in [-0.2, 0) is 4.79 Å². The number of benzene rings is 1. The summed E-state index contributed by atoms with van der Waals surface area (Å²) < 4.78 is 40.8. The normalized spacial score (nSPS) is 32.3. The third-order valence-corrected chi connectivity index (χ3v) is 5.96. The van der Waals surface area contributed by atoms with Crippen LogP contribution in [0, 0.1) is 17.8 Å². The highest BCUT2D eigenvalue weighted by Gasteiger charge is 2.51. The number of anilines is 1. The molecule has 4 bridgehead atoms. The molecule has 1 amide bonds. The molecule has 4 nitrogen and oxygen atoms in total. The van der Waals surface area contributed by atoms with Gasteiger partial charge in [0.15, 0.2) is 0 Å². The zero-order chi connectivity index (χ0) is 18.4. The van der Waals surface area contributed by atoms with Crippen molar-refractivity contribution in [2.45, 2.75) is 50.4 Å². The van der Waals surface area contributed by atoms with E-state index in [1.54, 1.807) is 6.07 Å². The van der Waals surface area contributed by atoms with Crippen molar-refractivity contribution in [3.05, 3.63) is 24.3 Å². The summed E-state index contributed by atoms with van der Waals surface area (Å²) in [5.74, 6) is 1.82. The van der Waals surface area contributed by atoms with Crippen molar-refractivity contribution in [3.63, 3.8) is 0 Å². The second-order valence-electron chi connectivity index (χ2n) is 8.18. The summed E-state index contributed by atoms with van der Waals surface area (Å²) >= 11 is 0. The van der Waals surface area contributed by atoms with Crippen LogP contribution >= 0.6 is 0 Å². The fraction of sp³-hybridized carbons (Fsp3) is 0.632. The van der Waals surface area contributed by atoms with E-state index in [1.807, 2.05) is 0 Å². The molecule has 5 rings (SSSR count). The molecule has 4 fully saturated rings. The molecule has 4 aliphatic carbocycles. The van der Waals surface area contributed by atoms with Crippen molar-refractivity contribution in [2.24, 2.45) is 17.8 Å². The topological polar surface area (TPSA) is 50.4 Å². The zero-order valence-corrected chi connectivity index (χ0v) is 14.4. The maximum atomic E-state index is 12.4. The maximum Gasteiger partial charge on any atom is 0.573 e. The molecule has 142 valence electrons. The van der Waals surface area contributed by atoms with Crippen molar-refractivity contribution in [1.29, 1.82) is 0 Å². The van der Waals surface area contributed by atoms with Crippen LogP contribution in [-0.4, -0.2) is 24.4 Å². The Balaban J connectivity index is 1.33. The van der Waals surface area contributed by atoms with Crippen molar-refractivity contribution in [2.75, 3.05) is 11.9 Å². The van der Waals surface area contributed by atoms with Gasteiger partial charge >= 0.3 is 6.36 Å². The lowest BCUT2D eigenvalue weighted by Crippen LogP contribution is -2.60. The summed E-state index contributed by atoms with van der Waals surface area (Å²) in [6.45, 7) is 0.0389. The number of carbonyl (C=O) groups is 1. The molecule has 0 spiro atoms. The second-order valence-corrected chi connectivity index (χ2v) is 8.18. The van der Waals surface area contributed by atoms with E-state index in [0.717, 1.165) is 37.0 Å². The van der Waals surface area contributed by atoms with Gasteiger partial charge in [0.05, 0.1) is 6.54 Å². The fourth-order valence-corrected chi connectivity index (χ4v) is 5.59. The van der Waals surface area contributed by atoms with Gasteiger partial charge in [-0.15, -0.1) is 13.2 Å². The fourth-order valence-electron chi connectivity index (χ4n) is 5.59. The van der Waals surface area contributed by atoms with Gasteiger partial charge < -0.3 is 15.4 Å². The van der Waals surface area contributed by atoms with Crippen molar-refractivity contribution >= 4 is 11.6 Å². The molecule has 4 aliphatic rings. The summed E-state index contributed by atoms with van der Waals surface area (Å²) in [6.07, 6.45) is 2.39. The van der Waals surface area contributed by atoms with Gasteiger partial charge in [-0.3, -0.25) is 4.79 Å². The Morgan fingerprint density at radius 3 is 2.31 bits per heavy atom. The number of nitrogens with one attached hydrogen (secondary N) is 2. The Labute approximate surface area is 150 Å². The van der Waals surface area contributed by atoms with Crippen LogP contribution in [0.1, 0.15) is 38.5 Å². The van der Waals surface area contributed by atoms with Crippen LogP contribution in [0.25, 0.3) is 0 Å². The Kier molecular flexibility index (Phi) is 4.28. The van der Waals surface area contributed by atoms with Crippen molar-refractivity contribution < 1.29 is 22.7 Å². The molecule has 0 heterocycles. The minimum Gasteiger partial charge on any atom is -0.406 e. The Morgan fingerprint density at radius 2 is 1.73 bits per heavy atom. The molecule has 1 aromatic rings. The summed E-state index contributed by atoms with van der Waals surface area (Å²) in [6, 6.07) is 5.54. The predicted octanol–water partition coefficient (Wildman–Crippen LogP) is 4.08. The monoisotopic (exact) mass is 368 g/mol. The van der Waals surface area contributed by atoms with Crippen LogP contribution in [0.4, 0.5) is 18.9 Å². The first-order chi connectivity index (χ1) is 12.3. The average Bonchev–Trinajstić information content (AvgIpc) is 2.50. The second kappa shape index (κ2) is 6.35. The van der Waals surface area contributed by atoms with Crippen LogP contribution in [0.15, 0.2) is 24.3 Å². The molecule has 2 N–H and O–H groups in total. The standard InChI is InChI=1S/C19H23F3N2O2/c20-19(21,22)26-16-3-1-2-15(7-16)23-11-17(25)24-18-8-12-4-13(9-18)6-14(5-12)10-18/h1-3,7,12-14,23H,4-6,8-11H2,(H,24,25). The van der Waals surface area contributed by atoms with E-state index in [1.165, 1.54) is 37.5 Å². The third-order valence-electron chi connectivity index (χ3n) is 5.96. The smallest absolute Gasteiger partial charge is 0.406 e. The molecular formula is C19H23F3N2O2. The van der Waals surface area contributed by atoms with E-state index >= 15 is 0 Å². The molecule has 0 radical (unpaired) electrons. The van der Waals surface area contributed by atoms with Gasteiger partial charge in [-0.1, -0.05) is 6.07 Å². The average molecular weight is 368 g/mol. The molecule has 0 unspecified atom stereocenters. The van der Waals surface area contributed by atoms with Gasteiger partial charge in [0.1, 0.15) is 5.75 Å². The van der Waals surface area contributed by atoms with Gasteiger partial charge in [0, 0.05) is 17.3 Å². The zero-order valence-electron chi connectivity index (χ0n) is 14.4. The molecule has 26 heavy (non-hydrogen) atoms. The van der Waals surface area contributed by atoms with E-state index in [0.29, 0.717) is 5.69 Å². The highest BCUT2D eigenvalue weighted by Crippen LogP contribution is 2.55. The number of hydrogen-bond donors (Lipinski definition) is 2. The lowest BCUT2D eigenvalue weighted by atomic mass is 9.53. The maximum absolute atomic E-state index is 12.4. The summed E-state index contributed by atoms with van der Waals surface area (Å²) in [5.41, 5.74) is 0.363. The Hall–Kier alpha value is -1.92. The van der Waals surface area contributed by atoms with E-state index < -0.39 is 6.36 Å². The molecule has 4 saturated carbocycles.